The second kappa shape index (κ2) is 3.90. The largest absolute Gasteiger partial charge is 0.527 e. The minimum absolute atomic E-state index is 0.158. The minimum atomic E-state index is -3.86. The summed E-state index contributed by atoms with van der Waals surface area (Å²) in [6, 6.07) is 0. The van der Waals surface area contributed by atoms with E-state index in [0.29, 0.717) is 5.76 Å². The first-order chi connectivity index (χ1) is 5.64. The van der Waals surface area contributed by atoms with Crippen molar-refractivity contribution < 1.29 is 18.5 Å². The third-order valence-corrected chi connectivity index (χ3v) is 2.28. The van der Waals surface area contributed by atoms with Crippen LogP contribution in [-0.4, -0.2) is 11.5 Å². The maximum Gasteiger partial charge on any atom is 0.527 e. The summed E-state index contributed by atoms with van der Waals surface area (Å²) in [5, 5.41) is 0. The molecule has 0 aromatic rings. The van der Waals surface area contributed by atoms with Gasteiger partial charge in [-0.1, -0.05) is 6.08 Å². The average Bonchev–Trinajstić information content (AvgIpc) is 2.38. The molecule has 0 amide bonds. The molecule has 0 aromatic carbocycles. The number of phosphoric acid groups is 1. The fraction of sp³-hybridized carbons (Fsp3) is 0.429. The molecule has 12 heavy (non-hydrogen) atoms. The van der Waals surface area contributed by atoms with Crippen molar-refractivity contribution in [3.8, 4) is 0 Å². The van der Waals surface area contributed by atoms with Crippen LogP contribution in [0.1, 0.15) is 13.3 Å². The first-order valence-corrected chi connectivity index (χ1v) is 5.17. The molecule has 1 unspecified atom stereocenters. The molecule has 68 valence electrons. The molecule has 0 saturated heterocycles. The van der Waals surface area contributed by atoms with Gasteiger partial charge in [-0.25, -0.2) is 4.57 Å². The molecule has 1 rings (SSSR count). The zero-order valence-electron chi connectivity index (χ0n) is 6.77. The highest BCUT2D eigenvalue weighted by Crippen LogP contribution is 2.46. The van der Waals surface area contributed by atoms with E-state index in [0.717, 1.165) is 6.42 Å². The molecule has 5 heteroatoms. The standard InChI is InChI=1S/C7H11O4P/c1-2-10-12(8,9)11-7-5-3-4-6-7/h3,5-6H,2,4H2,1H3,(H,8,9). The molecule has 4 nitrogen and oxygen atoms in total. The number of hydrogen-bond donors (Lipinski definition) is 1. The molecule has 1 N–H and O–H groups in total. The van der Waals surface area contributed by atoms with Gasteiger partial charge in [0, 0.05) is 0 Å². The molecule has 0 aliphatic heterocycles. The predicted octanol–water partition coefficient (Wildman–Crippen LogP) is 1.98. The van der Waals surface area contributed by atoms with Crippen LogP contribution in [0.2, 0.25) is 0 Å². The molecule has 0 fully saturated rings. The number of rotatable bonds is 4. The maximum absolute atomic E-state index is 11.0. The smallest absolute Gasteiger partial charge is 0.404 e. The lowest BCUT2D eigenvalue weighted by Gasteiger charge is -2.10. The van der Waals surface area contributed by atoms with Gasteiger partial charge in [0.25, 0.3) is 0 Å². The van der Waals surface area contributed by atoms with E-state index in [4.69, 9.17) is 9.42 Å². The van der Waals surface area contributed by atoms with Crippen LogP contribution in [0.3, 0.4) is 0 Å². The predicted molar refractivity (Wildman–Crippen MR) is 44.4 cm³/mol. The second-order valence-corrected chi connectivity index (χ2v) is 3.60. The molecule has 0 saturated carbocycles. The molecule has 0 bridgehead atoms. The zero-order chi connectivity index (χ0) is 9.03. The summed E-state index contributed by atoms with van der Waals surface area (Å²) < 4.78 is 20.2. The summed E-state index contributed by atoms with van der Waals surface area (Å²) in [5.74, 6) is 0.397. The second-order valence-electron chi connectivity index (χ2n) is 2.22. The van der Waals surface area contributed by atoms with Crippen molar-refractivity contribution in [3.63, 3.8) is 0 Å². The molecule has 1 aliphatic carbocycles. The van der Waals surface area contributed by atoms with Crippen LogP contribution in [0.15, 0.2) is 24.0 Å². The lowest BCUT2D eigenvalue weighted by Crippen LogP contribution is -1.92. The fourth-order valence-corrected chi connectivity index (χ4v) is 1.61. The van der Waals surface area contributed by atoms with Crippen molar-refractivity contribution in [2.24, 2.45) is 0 Å². The highest BCUT2D eigenvalue weighted by Gasteiger charge is 2.22. The Hall–Kier alpha value is -0.570. The summed E-state index contributed by atoms with van der Waals surface area (Å²) >= 11 is 0. The lowest BCUT2D eigenvalue weighted by molar-refractivity contribution is 0.189. The molecule has 0 heterocycles. The van der Waals surface area contributed by atoms with E-state index in [1.165, 1.54) is 0 Å². The van der Waals surface area contributed by atoms with Gasteiger partial charge in [-0.15, -0.1) is 0 Å². The van der Waals surface area contributed by atoms with E-state index in [9.17, 15) is 4.57 Å². The van der Waals surface area contributed by atoms with Crippen molar-refractivity contribution in [3.05, 3.63) is 24.0 Å². The minimum Gasteiger partial charge on any atom is -0.404 e. The molecular weight excluding hydrogens is 179 g/mol. The highest BCUT2D eigenvalue weighted by atomic mass is 31.2. The Kier molecular flexibility index (Phi) is 3.09. The van der Waals surface area contributed by atoms with E-state index in [2.05, 4.69) is 4.52 Å². The van der Waals surface area contributed by atoms with Crippen LogP contribution in [0.25, 0.3) is 0 Å². The topological polar surface area (TPSA) is 55.8 Å². The van der Waals surface area contributed by atoms with Gasteiger partial charge >= 0.3 is 7.82 Å². The van der Waals surface area contributed by atoms with Crippen LogP contribution in [0.4, 0.5) is 0 Å². The molecular formula is C7H11O4P. The van der Waals surface area contributed by atoms with E-state index in [1.807, 2.05) is 6.08 Å². The van der Waals surface area contributed by atoms with E-state index in [-0.39, 0.29) is 6.61 Å². The summed E-state index contributed by atoms with van der Waals surface area (Å²) in [6.07, 6.45) is 5.92. The number of allylic oxidation sites excluding steroid dienone is 3. The maximum atomic E-state index is 11.0. The first kappa shape index (κ1) is 9.52. The Bertz CT molecular complexity index is 256. The summed E-state index contributed by atoms with van der Waals surface area (Å²) in [5.41, 5.74) is 0. The molecule has 1 aliphatic rings. The van der Waals surface area contributed by atoms with Crippen LogP contribution in [-0.2, 0) is 13.6 Å². The lowest BCUT2D eigenvalue weighted by atomic mass is 10.5. The first-order valence-electron chi connectivity index (χ1n) is 3.67. The molecule has 0 aromatic heterocycles. The Labute approximate surface area is 71.1 Å². The summed E-state index contributed by atoms with van der Waals surface area (Å²) in [7, 11) is -3.86. The highest BCUT2D eigenvalue weighted by molar-refractivity contribution is 7.47. The van der Waals surface area contributed by atoms with Crippen molar-refractivity contribution in [1.29, 1.82) is 0 Å². The van der Waals surface area contributed by atoms with Crippen molar-refractivity contribution in [2.75, 3.05) is 6.61 Å². The van der Waals surface area contributed by atoms with Gasteiger partial charge in [0.2, 0.25) is 0 Å². The fourth-order valence-electron chi connectivity index (χ4n) is 0.827. The Morgan fingerprint density at radius 3 is 3.00 bits per heavy atom. The third-order valence-electron chi connectivity index (χ3n) is 1.25. The van der Waals surface area contributed by atoms with Crippen LogP contribution >= 0.6 is 7.82 Å². The van der Waals surface area contributed by atoms with E-state index >= 15 is 0 Å². The third kappa shape index (κ3) is 2.81. The van der Waals surface area contributed by atoms with Gasteiger partial charge in [-0.3, -0.25) is 9.42 Å². The number of phosphoric ester groups is 1. The van der Waals surface area contributed by atoms with Gasteiger partial charge in [-0.2, -0.15) is 0 Å². The summed E-state index contributed by atoms with van der Waals surface area (Å²) in [4.78, 5) is 9.01. The number of hydrogen-bond acceptors (Lipinski definition) is 3. The average molecular weight is 190 g/mol. The normalized spacial score (nSPS) is 20.3. The van der Waals surface area contributed by atoms with Gasteiger partial charge < -0.3 is 4.52 Å². The molecule has 1 atom stereocenters. The van der Waals surface area contributed by atoms with Crippen molar-refractivity contribution >= 4 is 7.82 Å². The zero-order valence-corrected chi connectivity index (χ0v) is 7.66. The van der Waals surface area contributed by atoms with Gasteiger partial charge in [0.15, 0.2) is 0 Å². The quantitative estimate of drug-likeness (QED) is 0.688. The molecule has 0 radical (unpaired) electrons. The van der Waals surface area contributed by atoms with Gasteiger partial charge in [0.1, 0.15) is 5.76 Å². The van der Waals surface area contributed by atoms with Crippen molar-refractivity contribution in [1.82, 2.24) is 0 Å². The van der Waals surface area contributed by atoms with Gasteiger partial charge in [0.05, 0.1) is 6.61 Å². The van der Waals surface area contributed by atoms with Gasteiger partial charge in [-0.05, 0) is 25.5 Å². The van der Waals surface area contributed by atoms with Crippen LogP contribution in [0.5, 0.6) is 0 Å². The van der Waals surface area contributed by atoms with Crippen LogP contribution < -0.4 is 0 Å². The van der Waals surface area contributed by atoms with Crippen LogP contribution in [0, 0.1) is 0 Å². The monoisotopic (exact) mass is 190 g/mol. The van der Waals surface area contributed by atoms with E-state index < -0.39 is 7.82 Å². The van der Waals surface area contributed by atoms with E-state index in [1.54, 1.807) is 19.1 Å². The Balaban J connectivity index is 2.49. The Morgan fingerprint density at radius 2 is 2.50 bits per heavy atom. The SMILES string of the molecule is CCOP(=O)(O)OC1=CCC=C1. The summed E-state index contributed by atoms with van der Waals surface area (Å²) in [6.45, 7) is 1.79. The Morgan fingerprint density at radius 1 is 1.75 bits per heavy atom. The van der Waals surface area contributed by atoms with Crippen molar-refractivity contribution in [2.45, 2.75) is 13.3 Å². The molecule has 0 spiro atoms.